The van der Waals surface area contributed by atoms with Gasteiger partial charge in [-0.3, -0.25) is 0 Å². The number of hydrogen-bond donors (Lipinski definition) is 0. The van der Waals surface area contributed by atoms with Gasteiger partial charge in [0.25, 0.3) is 0 Å². The SMILES string of the molecule is CCOc1c2c(c(OCC)c3c1=NOC3=O)=NOC2=O. The predicted octanol–water partition coefficient (Wildman–Crippen LogP) is -0.106. The molecule has 8 nitrogen and oxygen atoms in total. The molecule has 0 spiro atoms. The van der Waals surface area contributed by atoms with Crippen LogP contribution in [0.4, 0.5) is 0 Å². The summed E-state index contributed by atoms with van der Waals surface area (Å²) in [5.41, 5.74) is 0.187. The smallest absolute Gasteiger partial charge is 0.372 e. The molecule has 0 saturated carbocycles. The zero-order valence-corrected chi connectivity index (χ0v) is 10.8. The summed E-state index contributed by atoms with van der Waals surface area (Å²) in [5.74, 6) is -1.11. The first-order chi connectivity index (χ1) is 9.69. The molecule has 0 radical (unpaired) electrons. The minimum Gasteiger partial charge on any atom is -0.490 e. The number of carbonyl (C=O) groups excluding carboxylic acids is 2. The van der Waals surface area contributed by atoms with Crippen molar-refractivity contribution in [1.29, 1.82) is 0 Å². The third-order valence-corrected chi connectivity index (χ3v) is 2.78. The first-order valence-electron chi connectivity index (χ1n) is 6.03. The van der Waals surface area contributed by atoms with Gasteiger partial charge >= 0.3 is 11.9 Å². The van der Waals surface area contributed by atoms with Crippen LogP contribution < -0.4 is 20.2 Å². The quantitative estimate of drug-likeness (QED) is 0.713. The van der Waals surface area contributed by atoms with E-state index in [9.17, 15) is 9.59 Å². The van der Waals surface area contributed by atoms with Gasteiger partial charge < -0.3 is 19.1 Å². The van der Waals surface area contributed by atoms with Crippen LogP contribution in [0, 0.1) is 0 Å². The van der Waals surface area contributed by atoms with Crippen LogP contribution >= 0.6 is 0 Å². The van der Waals surface area contributed by atoms with Gasteiger partial charge in [0.1, 0.15) is 11.1 Å². The van der Waals surface area contributed by atoms with Gasteiger partial charge in [-0.05, 0) is 13.8 Å². The molecular weight excluding hydrogens is 268 g/mol. The minimum absolute atomic E-state index is 0.0936. The second kappa shape index (κ2) is 4.48. The number of fused-ring (bicyclic) bond motifs is 2. The first kappa shape index (κ1) is 12.4. The fourth-order valence-electron chi connectivity index (χ4n) is 2.07. The largest absolute Gasteiger partial charge is 0.490 e. The van der Waals surface area contributed by atoms with Crippen LogP contribution in [-0.4, -0.2) is 25.2 Å². The molecule has 2 heterocycles. The number of carbonyl (C=O) groups is 2. The van der Waals surface area contributed by atoms with Gasteiger partial charge in [-0.1, -0.05) is 10.3 Å². The summed E-state index contributed by atoms with van der Waals surface area (Å²) < 4.78 is 10.8. The molecule has 2 aliphatic heterocycles. The minimum atomic E-state index is -0.679. The molecule has 2 aliphatic rings. The molecule has 0 aromatic heterocycles. The Morgan fingerprint density at radius 3 is 1.60 bits per heavy atom. The Kier molecular flexibility index (Phi) is 2.78. The molecule has 0 saturated heterocycles. The number of ether oxygens (including phenoxy) is 2. The van der Waals surface area contributed by atoms with E-state index in [1.54, 1.807) is 13.8 Å². The fourth-order valence-corrected chi connectivity index (χ4v) is 2.07. The molecular formula is C12H10N2O6. The van der Waals surface area contributed by atoms with Crippen molar-refractivity contribution in [2.24, 2.45) is 10.3 Å². The van der Waals surface area contributed by atoms with E-state index in [-0.39, 0.29) is 46.6 Å². The van der Waals surface area contributed by atoms with E-state index < -0.39 is 11.9 Å². The summed E-state index contributed by atoms with van der Waals surface area (Å²) in [6, 6.07) is 0. The molecule has 20 heavy (non-hydrogen) atoms. The van der Waals surface area contributed by atoms with E-state index in [2.05, 4.69) is 20.0 Å². The number of benzene rings is 1. The molecule has 1 aromatic rings. The Morgan fingerprint density at radius 2 is 1.25 bits per heavy atom. The van der Waals surface area contributed by atoms with Gasteiger partial charge in [0.05, 0.1) is 13.2 Å². The van der Waals surface area contributed by atoms with Crippen molar-refractivity contribution in [2.75, 3.05) is 13.2 Å². The topological polar surface area (TPSA) is 95.8 Å². The summed E-state index contributed by atoms with van der Waals surface area (Å²) in [6.07, 6.45) is 0. The molecule has 0 amide bonds. The molecule has 1 aromatic carbocycles. The zero-order valence-electron chi connectivity index (χ0n) is 10.8. The zero-order chi connectivity index (χ0) is 14.3. The molecule has 0 unspecified atom stereocenters. The molecule has 3 rings (SSSR count). The van der Waals surface area contributed by atoms with Gasteiger partial charge in [-0.25, -0.2) is 9.59 Å². The molecule has 0 aliphatic carbocycles. The number of rotatable bonds is 4. The van der Waals surface area contributed by atoms with E-state index >= 15 is 0 Å². The predicted molar refractivity (Wildman–Crippen MR) is 61.9 cm³/mol. The maximum atomic E-state index is 11.8. The lowest BCUT2D eigenvalue weighted by Crippen LogP contribution is -2.26. The van der Waals surface area contributed by atoms with Crippen molar-refractivity contribution < 1.29 is 28.7 Å². The Balaban J connectivity index is 2.41. The second-order valence-corrected chi connectivity index (χ2v) is 3.91. The lowest BCUT2D eigenvalue weighted by atomic mass is 10.1. The van der Waals surface area contributed by atoms with Crippen molar-refractivity contribution in [1.82, 2.24) is 0 Å². The fraction of sp³-hybridized carbons (Fsp3) is 0.333. The van der Waals surface area contributed by atoms with E-state index in [1.807, 2.05) is 0 Å². The van der Waals surface area contributed by atoms with Crippen molar-refractivity contribution in [3.63, 3.8) is 0 Å². The number of nitrogens with zero attached hydrogens (tertiary/aromatic N) is 2. The van der Waals surface area contributed by atoms with Crippen LogP contribution in [0.5, 0.6) is 11.5 Å². The summed E-state index contributed by atoms with van der Waals surface area (Å²) in [7, 11) is 0. The van der Waals surface area contributed by atoms with E-state index in [0.717, 1.165) is 0 Å². The van der Waals surface area contributed by atoms with Crippen LogP contribution in [0.3, 0.4) is 0 Å². The summed E-state index contributed by atoms with van der Waals surface area (Å²) in [5, 5.41) is 7.56. The third-order valence-electron chi connectivity index (χ3n) is 2.78. The van der Waals surface area contributed by atoms with Crippen LogP contribution in [0.1, 0.15) is 34.6 Å². The van der Waals surface area contributed by atoms with Crippen molar-refractivity contribution in [3.05, 3.63) is 21.8 Å². The summed E-state index contributed by atoms with van der Waals surface area (Å²) in [4.78, 5) is 32.8. The van der Waals surface area contributed by atoms with Crippen LogP contribution in [-0.2, 0) is 9.68 Å². The Hall–Kier alpha value is -2.64. The number of hydrogen-bond acceptors (Lipinski definition) is 8. The van der Waals surface area contributed by atoms with Crippen LogP contribution in [0.25, 0.3) is 0 Å². The second-order valence-electron chi connectivity index (χ2n) is 3.91. The molecule has 0 atom stereocenters. The normalized spacial score (nSPS) is 14.7. The summed E-state index contributed by atoms with van der Waals surface area (Å²) in [6.45, 7) is 4.04. The van der Waals surface area contributed by atoms with Crippen molar-refractivity contribution in [3.8, 4) is 11.5 Å². The highest BCUT2D eigenvalue weighted by molar-refractivity contribution is 5.99. The molecule has 0 bridgehead atoms. The third kappa shape index (κ3) is 1.54. The Bertz CT molecular complexity index is 676. The Morgan fingerprint density at radius 1 is 0.850 bits per heavy atom. The lowest BCUT2D eigenvalue weighted by Gasteiger charge is -2.09. The lowest BCUT2D eigenvalue weighted by molar-refractivity contribution is 0.0538. The summed E-state index contributed by atoms with van der Waals surface area (Å²) >= 11 is 0. The highest BCUT2D eigenvalue weighted by Gasteiger charge is 2.36. The maximum Gasteiger partial charge on any atom is 0.372 e. The average Bonchev–Trinajstić information content (AvgIpc) is 2.99. The average molecular weight is 278 g/mol. The van der Waals surface area contributed by atoms with Crippen molar-refractivity contribution in [2.45, 2.75) is 13.8 Å². The van der Waals surface area contributed by atoms with E-state index in [1.165, 1.54) is 0 Å². The highest BCUT2D eigenvalue weighted by Crippen LogP contribution is 2.25. The van der Waals surface area contributed by atoms with Crippen LogP contribution in [0.2, 0.25) is 0 Å². The van der Waals surface area contributed by atoms with Gasteiger partial charge in [0.2, 0.25) is 0 Å². The molecule has 104 valence electrons. The maximum absolute atomic E-state index is 11.8. The van der Waals surface area contributed by atoms with Gasteiger partial charge in [-0.2, -0.15) is 0 Å². The monoisotopic (exact) mass is 278 g/mol. The van der Waals surface area contributed by atoms with Crippen molar-refractivity contribution >= 4 is 11.9 Å². The first-order valence-corrected chi connectivity index (χ1v) is 6.03. The molecule has 8 heteroatoms. The van der Waals surface area contributed by atoms with E-state index in [0.29, 0.717) is 0 Å². The molecule has 0 N–H and O–H groups in total. The van der Waals surface area contributed by atoms with E-state index in [4.69, 9.17) is 9.47 Å². The van der Waals surface area contributed by atoms with Gasteiger partial charge in [0.15, 0.2) is 22.2 Å². The van der Waals surface area contributed by atoms with Crippen LogP contribution in [0.15, 0.2) is 10.3 Å². The Labute approximate surface area is 112 Å². The van der Waals surface area contributed by atoms with Gasteiger partial charge in [0, 0.05) is 0 Å². The van der Waals surface area contributed by atoms with Gasteiger partial charge in [-0.15, -0.1) is 0 Å². The standard InChI is InChI=1S/C12H10N2O6/c1-3-17-9-5-8(14-19-11(5)15)10(18-4-2)6-7(9)13-20-12(6)16/h3-4H2,1-2H3. The molecule has 0 fully saturated rings. The highest BCUT2D eigenvalue weighted by atomic mass is 16.7.